The Bertz CT molecular complexity index is 1320. The Morgan fingerprint density at radius 1 is 0.675 bits per heavy atom. The molecule has 1 aliphatic carbocycles. The van der Waals surface area contributed by atoms with Crippen LogP contribution in [0.25, 0.3) is 0 Å². The number of hydrogen-bond donors (Lipinski definition) is 0. The fraction of sp³-hybridized carbons (Fsp3) is 0.250. The summed E-state index contributed by atoms with van der Waals surface area (Å²) in [5.74, 6) is -0.991. The summed E-state index contributed by atoms with van der Waals surface area (Å²) in [6, 6.07) is 22.0. The van der Waals surface area contributed by atoms with Gasteiger partial charge in [0.2, 0.25) is 0 Å². The van der Waals surface area contributed by atoms with Gasteiger partial charge in [0.1, 0.15) is 17.2 Å². The Hall–Kier alpha value is -4.72. The number of ether oxygens (including phenoxy) is 4. The van der Waals surface area contributed by atoms with Gasteiger partial charge in [-0.05, 0) is 79.8 Å². The zero-order valence-electron chi connectivity index (χ0n) is 22.0. The van der Waals surface area contributed by atoms with Crippen molar-refractivity contribution in [2.75, 3.05) is 6.61 Å². The molecule has 1 saturated carbocycles. The fourth-order valence-corrected chi connectivity index (χ4v) is 4.33. The van der Waals surface area contributed by atoms with Crippen molar-refractivity contribution in [2.24, 2.45) is 11.8 Å². The molecule has 0 N–H and O–H groups in total. The molecule has 0 amide bonds. The van der Waals surface area contributed by atoms with E-state index in [1.54, 1.807) is 60.7 Å². The molecule has 0 aliphatic heterocycles. The van der Waals surface area contributed by atoms with Gasteiger partial charge >= 0.3 is 23.9 Å². The van der Waals surface area contributed by atoms with E-state index in [1.165, 1.54) is 12.1 Å². The molecule has 0 aromatic heterocycles. The van der Waals surface area contributed by atoms with Crippen LogP contribution in [0.3, 0.4) is 0 Å². The maximum absolute atomic E-state index is 12.7. The quantitative estimate of drug-likeness (QED) is 0.188. The molecule has 0 heterocycles. The lowest BCUT2D eigenvalue weighted by Crippen LogP contribution is -2.30. The van der Waals surface area contributed by atoms with Crippen molar-refractivity contribution < 1.29 is 38.1 Å². The molecule has 3 aromatic carbocycles. The molecule has 0 atom stereocenters. The summed E-state index contributed by atoms with van der Waals surface area (Å²) >= 11 is 0. The summed E-state index contributed by atoms with van der Waals surface area (Å²) in [4.78, 5) is 48.7. The summed E-state index contributed by atoms with van der Waals surface area (Å²) in [6.45, 7) is 3.57. The summed E-state index contributed by atoms with van der Waals surface area (Å²) in [5.41, 5.74) is 1.22. The van der Waals surface area contributed by atoms with E-state index in [0.29, 0.717) is 54.9 Å². The van der Waals surface area contributed by atoms with Crippen molar-refractivity contribution in [3.8, 4) is 17.2 Å². The van der Waals surface area contributed by atoms with Crippen molar-refractivity contribution >= 4 is 23.9 Å². The van der Waals surface area contributed by atoms with Crippen molar-refractivity contribution in [1.29, 1.82) is 0 Å². The molecule has 40 heavy (non-hydrogen) atoms. The number of hydrogen-bond acceptors (Lipinski definition) is 8. The molecule has 8 heteroatoms. The van der Waals surface area contributed by atoms with Gasteiger partial charge in [-0.15, -0.1) is 0 Å². The number of carbonyl (C=O) groups excluding carboxylic acids is 4. The first kappa shape index (κ1) is 28.3. The topological polar surface area (TPSA) is 105 Å². The van der Waals surface area contributed by atoms with Crippen LogP contribution in [0.2, 0.25) is 0 Å². The first-order valence-corrected chi connectivity index (χ1v) is 13.1. The highest BCUT2D eigenvalue weighted by Crippen LogP contribution is 2.31. The SMILES string of the molecule is C=CC(=O)OCCc1ccc(OC(=O)c2ccc(OC(=O)C3CCC(C(=O)Oc4ccccc4)CC3)cc2)cc1. The van der Waals surface area contributed by atoms with Gasteiger partial charge in [0.05, 0.1) is 24.0 Å². The molecule has 0 spiro atoms. The highest BCUT2D eigenvalue weighted by Gasteiger charge is 2.32. The first-order valence-electron chi connectivity index (χ1n) is 13.1. The molecule has 206 valence electrons. The van der Waals surface area contributed by atoms with Crippen LogP contribution in [0.5, 0.6) is 17.2 Å². The fourth-order valence-electron chi connectivity index (χ4n) is 4.33. The average Bonchev–Trinajstić information content (AvgIpc) is 2.99. The van der Waals surface area contributed by atoms with E-state index in [0.717, 1.165) is 11.6 Å². The minimum absolute atomic E-state index is 0.228. The minimum atomic E-state index is -0.550. The van der Waals surface area contributed by atoms with Crippen molar-refractivity contribution in [3.63, 3.8) is 0 Å². The van der Waals surface area contributed by atoms with Crippen LogP contribution in [0.4, 0.5) is 0 Å². The number of rotatable bonds is 10. The Morgan fingerprint density at radius 3 is 1.73 bits per heavy atom. The number of esters is 4. The monoisotopic (exact) mass is 542 g/mol. The molecule has 0 radical (unpaired) electrons. The molecule has 0 bridgehead atoms. The van der Waals surface area contributed by atoms with Crippen LogP contribution >= 0.6 is 0 Å². The number of para-hydroxylation sites is 1. The Morgan fingerprint density at radius 2 is 1.18 bits per heavy atom. The van der Waals surface area contributed by atoms with Gasteiger partial charge in [0.15, 0.2) is 0 Å². The molecule has 3 aromatic rings. The molecule has 1 fully saturated rings. The van der Waals surface area contributed by atoms with Crippen LogP contribution in [-0.2, 0) is 25.5 Å². The van der Waals surface area contributed by atoms with E-state index in [2.05, 4.69) is 6.58 Å². The van der Waals surface area contributed by atoms with Gasteiger partial charge in [0.25, 0.3) is 0 Å². The van der Waals surface area contributed by atoms with Crippen LogP contribution in [-0.4, -0.2) is 30.5 Å². The predicted octanol–water partition coefficient (Wildman–Crippen LogP) is 5.49. The van der Waals surface area contributed by atoms with Crippen LogP contribution in [0, 0.1) is 11.8 Å². The number of benzene rings is 3. The standard InChI is InChI=1S/C32H30O8/c1-2-29(33)37-21-20-22-8-16-27(17-9-22)39-32(36)25-14-18-28(19-15-25)40-31(35)24-12-10-23(11-13-24)30(34)38-26-6-4-3-5-7-26/h2-9,14-19,23-24H,1,10-13,20-21H2. The molecule has 1 aliphatic rings. The second kappa shape index (κ2) is 13.9. The molecular weight excluding hydrogens is 512 g/mol. The Kier molecular flexibility index (Phi) is 9.83. The highest BCUT2D eigenvalue weighted by molar-refractivity contribution is 5.91. The van der Waals surface area contributed by atoms with E-state index >= 15 is 0 Å². The van der Waals surface area contributed by atoms with E-state index in [4.69, 9.17) is 18.9 Å². The van der Waals surface area contributed by atoms with Crippen LogP contribution in [0.1, 0.15) is 41.6 Å². The second-order valence-corrected chi connectivity index (χ2v) is 9.38. The Balaban J connectivity index is 1.21. The predicted molar refractivity (Wildman–Crippen MR) is 146 cm³/mol. The molecule has 8 nitrogen and oxygen atoms in total. The van der Waals surface area contributed by atoms with E-state index in [-0.39, 0.29) is 30.4 Å². The van der Waals surface area contributed by atoms with Gasteiger partial charge in [-0.1, -0.05) is 36.9 Å². The molecule has 0 saturated heterocycles. The minimum Gasteiger partial charge on any atom is -0.462 e. The van der Waals surface area contributed by atoms with Gasteiger partial charge in [-0.2, -0.15) is 0 Å². The normalized spacial score (nSPS) is 16.3. The van der Waals surface area contributed by atoms with Gasteiger partial charge in [0, 0.05) is 12.5 Å². The van der Waals surface area contributed by atoms with Crippen molar-refractivity contribution in [3.05, 3.63) is 103 Å². The third-order valence-electron chi connectivity index (χ3n) is 6.60. The van der Waals surface area contributed by atoms with Gasteiger partial charge in [-0.3, -0.25) is 9.59 Å². The lowest BCUT2D eigenvalue weighted by Gasteiger charge is -2.25. The summed E-state index contributed by atoms with van der Waals surface area (Å²) in [6.07, 6.45) is 3.82. The van der Waals surface area contributed by atoms with E-state index in [1.807, 2.05) is 6.07 Å². The van der Waals surface area contributed by atoms with Crippen molar-refractivity contribution in [2.45, 2.75) is 32.1 Å². The van der Waals surface area contributed by atoms with E-state index in [9.17, 15) is 19.2 Å². The maximum atomic E-state index is 12.7. The second-order valence-electron chi connectivity index (χ2n) is 9.38. The lowest BCUT2D eigenvalue weighted by atomic mass is 9.82. The average molecular weight is 543 g/mol. The summed E-state index contributed by atoms with van der Waals surface area (Å²) < 4.78 is 21.3. The zero-order chi connectivity index (χ0) is 28.3. The largest absolute Gasteiger partial charge is 0.462 e. The molecule has 4 rings (SSSR count). The third-order valence-corrected chi connectivity index (χ3v) is 6.60. The van der Waals surface area contributed by atoms with E-state index < -0.39 is 11.9 Å². The lowest BCUT2D eigenvalue weighted by molar-refractivity contribution is -0.145. The zero-order valence-corrected chi connectivity index (χ0v) is 22.0. The highest BCUT2D eigenvalue weighted by atomic mass is 16.5. The van der Waals surface area contributed by atoms with Crippen molar-refractivity contribution in [1.82, 2.24) is 0 Å². The smallest absolute Gasteiger partial charge is 0.343 e. The third kappa shape index (κ3) is 8.14. The van der Waals surface area contributed by atoms with Crippen LogP contribution in [0.15, 0.2) is 91.5 Å². The summed E-state index contributed by atoms with van der Waals surface area (Å²) in [7, 11) is 0. The van der Waals surface area contributed by atoms with Gasteiger partial charge in [-0.25, -0.2) is 9.59 Å². The van der Waals surface area contributed by atoms with Gasteiger partial charge < -0.3 is 18.9 Å². The molecular formula is C32H30O8. The van der Waals surface area contributed by atoms with Crippen LogP contribution < -0.4 is 14.2 Å². The summed E-state index contributed by atoms with van der Waals surface area (Å²) in [5, 5.41) is 0. The molecule has 0 unspecified atom stereocenters. The maximum Gasteiger partial charge on any atom is 0.343 e. The Labute approximate surface area is 232 Å². The first-order chi connectivity index (χ1) is 19.4. The number of carbonyl (C=O) groups is 4.